The largest absolute Gasteiger partial charge is 0.465 e. The smallest absolute Gasteiger partial charge is 0.350 e. The van der Waals surface area contributed by atoms with E-state index in [0.29, 0.717) is 10.6 Å². The summed E-state index contributed by atoms with van der Waals surface area (Å²) in [7, 11) is 1.36. The second kappa shape index (κ2) is 11.3. The summed E-state index contributed by atoms with van der Waals surface area (Å²) in [6.07, 6.45) is 6.19. The van der Waals surface area contributed by atoms with E-state index in [1.807, 2.05) is 25.4 Å². The molecule has 1 saturated heterocycles. The molecule has 0 saturated carbocycles. The summed E-state index contributed by atoms with van der Waals surface area (Å²) in [5, 5.41) is 6.02. The van der Waals surface area contributed by atoms with Crippen molar-refractivity contribution in [2.24, 2.45) is 0 Å². The third-order valence-electron chi connectivity index (χ3n) is 5.79. The van der Waals surface area contributed by atoms with Crippen molar-refractivity contribution in [1.29, 1.82) is 0 Å². The minimum atomic E-state index is -0.409. The number of likely N-dealkylation sites (tertiary alicyclic amines) is 1. The average molecular weight is 526 g/mol. The Bertz CT molecular complexity index is 875. The van der Waals surface area contributed by atoms with Crippen LogP contribution in [0.2, 0.25) is 0 Å². The maximum Gasteiger partial charge on any atom is 0.350 e. The summed E-state index contributed by atoms with van der Waals surface area (Å²) >= 11 is 3.03. The predicted octanol–water partition coefficient (Wildman–Crippen LogP) is 4.52. The first-order chi connectivity index (χ1) is 13.9. The number of hydrogen-bond acceptors (Lipinski definition) is 6. The van der Waals surface area contributed by atoms with Crippen LogP contribution in [0.5, 0.6) is 0 Å². The molecule has 30 heavy (non-hydrogen) atoms. The zero-order valence-electron chi connectivity index (χ0n) is 18.2. The molecule has 1 unspecified atom stereocenters. The number of thiophene rings is 1. The van der Waals surface area contributed by atoms with E-state index >= 15 is 0 Å². The number of hydrogen-bond donors (Lipinski definition) is 1. The molecule has 1 aliphatic rings. The Hall–Kier alpha value is -0.666. The molecule has 161 valence electrons. The molecule has 1 N–H and O–H groups in total. The maximum absolute atomic E-state index is 13.5. The number of aryl methyl sites for hydroxylation is 2. The van der Waals surface area contributed by atoms with Crippen LogP contribution in [-0.4, -0.2) is 47.6 Å². The van der Waals surface area contributed by atoms with Crippen LogP contribution in [0, 0.1) is 13.8 Å². The fourth-order valence-electron chi connectivity index (χ4n) is 4.38. The molecule has 3 rings (SSSR count). The quantitative estimate of drug-likeness (QED) is 0.426. The molecule has 3 heterocycles. The molecule has 6 nitrogen and oxygen atoms in total. The van der Waals surface area contributed by atoms with Crippen molar-refractivity contribution in [2.75, 3.05) is 25.5 Å². The van der Waals surface area contributed by atoms with Crippen molar-refractivity contribution in [1.82, 2.24) is 4.98 Å². The fourth-order valence-corrected chi connectivity index (χ4v) is 6.21. The minimum absolute atomic E-state index is 0. The van der Waals surface area contributed by atoms with Gasteiger partial charge in [0, 0.05) is 45.3 Å². The van der Waals surface area contributed by atoms with Gasteiger partial charge in [-0.1, -0.05) is 6.92 Å². The molecular weight excluding hydrogens is 495 g/mol. The average Bonchev–Trinajstić information content (AvgIpc) is 3.28. The van der Waals surface area contributed by atoms with Gasteiger partial charge in [0.2, 0.25) is 0 Å². The van der Waals surface area contributed by atoms with E-state index in [9.17, 15) is 9.59 Å². The van der Waals surface area contributed by atoms with E-state index in [1.165, 1.54) is 29.7 Å². The Morgan fingerprint density at radius 1 is 1.27 bits per heavy atom. The van der Waals surface area contributed by atoms with E-state index in [-0.39, 0.29) is 44.7 Å². The van der Waals surface area contributed by atoms with Gasteiger partial charge in [0.25, 0.3) is 5.91 Å². The molecule has 0 bridgehead atoms. The summed E-state index contributed by atoms with van der Waals surface area (Å²) in [4.78, 5) is 31.7. The third kappa shape index (κ3) is 5.57. The van der Waals surface area contributed by atoms with Crippen molar-refractivity contribution in [3.63, 3.8) is 0 Å². The number of nitrogens with one attached hydrogen (secondary N) is 1. The molecule has 0 aliphatic carbocycles. The standard InChI is InChI=1S/C21H29N3O3S2.Y/c1-5-17(20(25)23-18-14(2)13-28-19(18)21(26)27-4)24(9-7-6-8-10-24)12-16-11-22-15(3)29-16;/h11,13,17H,5-10,12H2,1-4H3;/p+1. The molecule has 2 aromatic heterocycles. The van der Waals surface area contributed by atoms with Gasteiger partial charge in [0.05, 0.1) is 35.8 Å². The predicted molar refractivity (Wildman–Crippen MR) is 118 cm³/mol. The number of methoxy groups -OCH3 is 1. The van der Waals surface area contributed by atoms with Gasteiger partial charge in [-0.15, -0.1) is 22.7 Å². The van der Waals surface area contributed by atoms with Crippen molar-refractivity contribution in [3.05, 3.63) is 31.9 Å². The molecule has 1 fully saturated rings. The first-order valence-electron chi connectivity index (χ1n) is 10.1. The van der Waals surface area contributed by atoms with Gasteiger partial charge in [-0.25, -0.2) is 9.78 Å². The number of nitrogens with zero attached hydrogens (tertiary/aromatic N) is 2. The van der Waals surface area contributed by atoms with Crippen molar-refractivity contribution in [2.45, 2.75) is 59.0 Å². The first-order valence-corrected chi connectivity index (χ1v) is 11.8. The second-order valence-electron chi connectivity index (χ2n) is 7.76. The zero-order valence-corrected chi connectivity index (χ0v) is 22.7. The van der Waals surface area contributed by atoms with Crippen LogP contribution in [-0.2, 0) is 48.8 Å². The molecule has 1 atom stereocenters. The van der Waals surface area contributed by atoms with E-state index in [0.717, 1.165) is 54.0 Å². The van der Waals surface area contributed by atoms with Crippen LogP contribution in [0.3, 0.4) is 0 Å². The second-order valence-corrected chi connectivity index (χ2v) is 9.96. The zero-order chi connectivity index (χ0) is 21.0. The summed E-state index contributed by atoms with van der Waals surface area (Å²) in [6, 6.07) is -0.164. The molecule has 1 aliphatic heterocycles. The van der Waals surface area contributed by atoms with Gasteiger partial charge in [-0.2, -0.15) is 0 Å². The molecule has 0 aromatic carbocycles. The number of thiazole rings is 1. The van der Waals surface area contributed by atoms with Gasteiger partial charge in [0.15, 0.2) is 6.04 Å². The number of quaternary nitrogens is 1. The fraction of sp³-hybridized carbons (Fsp3) is 0.571. The molecule has 9 heteroatoms. The van der Waals surface area contributed by atoms with Gasteiger partial charge >= 0.3 is 5.97 Å². The molecular formula is C21H30N3O3S2Y+. The molecule has 1 amide bonds. The summed E-state index contributed by atoms with van der Waals surface area (Å²) in [5.74, 6) is -0.421. The molecule has 2 aromatic rings. The number of anilines is 1. The number of carbonyl (C=O) groups excluding carboxylic acids is 2. The van der Waals surface area contributed by atoms with Crippen LogP contribution in [0.1, 0.15) is 57.7 Å². The number of ether oxygens (including phenoxy) is 1. The van der Waals surface area contributed by atoms with Gasteiger partial charge < -0.3 is 14.5 Å². The Labute approximate surface area is 211 Å². The van der Waals surface area contributed by atoms with E-state index in [4.69, 9.17) is 4.74 Å². The number of piperidine rings is 1. The number of carbonyl (C=O) groups is 2. The first kappa shape index (κ1) is 25.6. The SMILES string of the molecule is CCC(C(=O)Nc1c(C)csc1C(=O)OC)[N+]1(Cc2cnc(C)s2)CCCCC1.[Y]. The Balaban J connectivity index is 0.00000320. The Morgan fingerprint density at radius 2 is 1.97 bits per heavy atom. The van der Waals surface area contributed by atoms with Crippen LogP contribution < -0.4 is 5.32 Å². The topological polar surface area (TPSA) is 68.3 Å². The van der Waals surface area contributed by atoms with Crippen LogP contribution in [0.4, 0.5) is 5.69 Å². The number of aromatic nitrogens is 1. The normalized spacial score (nSPS) is 16.4. The van der Waals surface area contributed by atoms with E-state index < -0.39 is 5.97 Å². The van der Waals surface area contributed by atoms with Crippen molar-refractivity contribution < 1.29 is 51.5 Å². The summed E-state index contributed by atoms with van der Waals surface area (Å²) in [5.41, 5.74) is 1.48. The number of rotatable bonds is 7. The van der Waals surface area contributed by atoms with Crippen LogP contribution >= 0.6 is 22.7 Å². The number of amides is 1. The Morgan fingerprint density at radius 3 is 2.53 bits per heavy atom. The number of esters is 1. The molecule has 1 radical (unpaired) electrons. The summed E-state index contributed by atoms with van der Waals surface area (Å²) < 4.78 is 5.65. The van der Waals surface area contributed by atoms with Gasteiger partial charge in [-0.3, -0.25) is 4.79 Å². The van der Waals surface area contributed by atoms with Crippen molar-refractivity contribution >= 4 is 40.2 Å². The monoisotopic (exact) mass is 525 g/mol. The van der Waals surface area contributed by atoms with Gasteiger partial charge in [-0.05, 0) is 44.1 Å². The maximum atomic E-state index is 13.5. The van der Waals surface area contributed by atoms with E-state index in [2.05, 4.69) is 17.2 Å². The van der Waals surface area contributed by atoms with Gasteiger partial charge in [0.1, 0.15) is 11.4 Å². The van der Waals surface area contributed by atoms with Crippen molar-refractivity contribution in [3.8, 4) is 0 Å². The summed E-state index contributed by atoms with van der Waals surface area (Å²) in [6.45, 7) is 8.84. The Kier molecular flexibility index (Phi) is 9.62. The van der Waals surface area contributed by atoms with Crippen LogP contribution in [0.25, 0.3) is 0 Å². The minimum Gasteiger partial charge on any atom is -0.465 e. The third-order valence-corrected chi connectivity index (χ3v) is 7.77. The molecule has 0 spiro atoms. The van der Waals surface area contributed by atoms with Crippen LogP contribution in [0.15, 0.2) is 11.6 Å². The van der Waals surface area contributed by atoms with E-state index in [1.54, 1.807) is 11.3 Å².